The molecule has 0 aliphatic carbocycles. The molecule has 0 bridgehead atoms. The molecule has 7 heteroatoms. The zero-order valence-electron chi connectivity index (χ0n) is 34.1. The van der Waals surface area contributed by atoms with Gasteiger partial charge in [0.05, 0.1) is 16.7 Å². The number of furan rings is 1. The largest absolute Gasteiger partial charge is 0.456 e. The number of hydrogen-bond acceptors (Lipinski definition) is 5. The molecule has 298 valence electrons. The molecule has 0 fully saturated rings. The Morgan fingerprint density at radius 3 is 1.97 bits per heavy atom. The summed E-state index contributed by atoms with van der Waals surface area (Å²) in [6.45, 7) is 0. The van der Waals surface area contributed by atoms with Crippen LogP contribution in [0.25, 0.3) is 122 Å². The van der Waals surface area contributed by atoms with Crippen LogP contribution in [0.1, 0.15) is 0 Å². The van der Waals surface area contributed by atoms with Crippen molar-refractivity contribution in [3.63, 3.8) is 0 Å². The lowest BCUT2D eigenvalue weighted by Gasteiger charge is -2.21. The second kappa shape index (κ2) is 13.6. The van der Waals surface area contributed by atoms with Crippen molar-refractivity contribution < 1.29 is 4.42 Å². The molecule has 13 aromatic rings. The predicted molar refractivity (Wildman–Crippen MR) is 262 cm³/mol. The van der Waals surface area contributed by atoms with Gasteiger partial charge in [0, 0.05) is 59.1 Å². The molecule has 0 N–H and O–H groups in total. The molecule has 9 aromatic carbocycles. The van der Waals surface area contributed by atoms with E-state index in [4.69, 9.17) is 19.4 Å². The van der Waals surface area contributed by atoms with E-state index in [1.54, 1.807) is 0 Å². The van der Waals surface area contributed by atoms with Crippen molar-refractivity contribution in [3.8, 4) is 56.7 Å². The summed E-state index contributed by atoms with van der Waals surface area (Å²) in [4.78, 5) is 18.2. The Morgan fingerprint density at radius 1 is 0.406 bits per heavy atom. The number of para-hydroxylation sites is 4. The minimum absolute atomic E-state index is 0.604. The van der Waals surface area contributed by atoms with Gasteiger partial charge in [-0.1, -0.05) is 145 Å². The quantitative estimate of drug-likeness (QED) is 0.173. The van der Waals surface area contributed by atoms with Crippen LogP contribution in [-0.4, -0.2) is 24.1 Å². The summed E-state index contributed by atoms with van der Waals surface area (Å²) in [5.41, 5.74) is 12.5. The van der Waals surface area contributed by atoms with Crippen molar-refractivity contribution in [3.05, 3.63) is 200 Å². The van der Waals surface area contributed by atoms with Gasteiger partial charge in [-0.05, 0) is 88.6 Å². The van der Waals surface area contributed by atoms with E-state index in [-0.39, 0.29) is 0 Å². The van der Waals surface area contributed by atoms with Crippen LogP contribution in [0.3, 0.4) is 0 Å². The van der Waals surface area contributed by atoms with Crippen LogP contribution in [0.5, 0.6) is 0 Å². The van der Waals surface area contributed by atoms with Crippen molar-refractivity contribution >= 4 is 77.3 Å². The fraction of sp³-hybridized carbons (Fsp3) is 0. The van der Waals surface area contributed by atoms with Gasteiger partial charge in [-0.3, -0.25) is 9.13 Å². The maximum absolute atomic E-state index is 6.28. The van der Waals surface area contributed by atoms with Crippen LogP contribution in [0, 0.1) is 0 Å². The van der Waals surface area contributed by atoms with E-state index in [2.05, 4.69) is 191 Å². The van der Waals surface area contributed by atoms with Crippen molar-refractivity contribution in [2.75, 3.05) is 0 Å². The van der Waals surface area contributed by atoms with Gasteiger partial charge in [0.2, 0.25) is 0 Å². The van der Waals surface area contributed by atoms with E-state index in [1.165, 1.54) is 37.2 Å². The highest BCUT2D eigenvalue weighted by Gasteiger charge is 2.28. The van der Waals surface area contributed by atoms with E-state index in [0.29, 0.717) is 17.5 Å². The molecule has 6 nitrogen and oxygen atoms in total. The number of nitrogens with zero attached hydrogens (tertiary/aromatic N) is 5. The second-order valence-corrected chi connectivity index (χ2v) is 17.4. The Hall–Kier alpha value is -8.26. The van der Waals surface area contributed by atoms with Crippen LogP contribution in [0.2, 0.25) is 0 Å². The van der Waals surface area contributed by atoms with Crippen LogP contribution in [0.4, 0.5) is 0 Å². The van der Waals surface area contributed by atoms with Gasteiger partial charge in [-0.15, -0.1) is 0 Å². The SMILES string of the molecule is c1cc(-c2nc(-c3ccc(-n4c5ccccc5c5c6cccc7c6n(c54)-c4ccccc4S7)cc3)nc(-c3cccc4ccccc34)n2)cc(-c2cccc3oc4ccccc4c23)c1. The topological polar surface area (TPSA) is 61.7 Å². The van der Waals surface area contributed by atoms with Crippen LogP contribution in [0.15, 0.2) is 214 Å². The zero-order chi connectivity index (χ0) is 41.9. The summed E-state index contributed by atoms with van der Waals surface area (Å²) in [5, 5.41) is 8.16. The average Bonchev–Trinajstić information content (AvgIpc) is 4.03. The molecule has 1 aliphatic rings. The fourth-order valence-electron chi connectivity index (χ4n) is 9.96. The summed E-state index contributed by atoms with van der Waals surface area (Å²) < 4.78 is 11.2. The maximum atomic E-state index is 6.28. The number of rotatable bonds is 5. The third kappa shape index (κ3) is 5.19. The first-order valence-electron chi connectivity index (χ1n) is 21.4. The summed E-state index contributed by atoms with van der Waals surface area (Å²) in [6, 6.07) is 70.6. The smallest absolute Gasteiger partial charge is 0.164 e. The average molecular weight is 836 g/mol. The number of fused-ring (bicyclic) bond motifs is 11. The monoisotopic (exact) mass is 835 g/mol. The molecule has 14 rings (SSSR count). The standard InChI is InChI=1S/C57H33N5OS/c1-2-17-39-34(13-1)14-10-21-41(39)56-59-54(58-55(60-56)37-16-9-15-36(33-37)40-20-11-26-48-51(40)43-19-4-7-25-47(43)63-48)35-29-31-38(32-30-35)61-45-23-5-3-18-42(45)52-44-22-12-28-50-53(44)62(57(52)61)46-24-6-8-27-49(46)64-50/h1-33H. The Kier molecular flexibility index (Phi) is 7.52. The molecule has 0 unspecified atom stereocenters. The Morgan fingerprint density at radius 2 is 1.05 bits per heavy atom. The normalized spacial score (nSPS) is 12.3. The Labute approximate surface area is 370 Å². The molecule has 0 spiro atoms. The van der Waals surface area contributed by atoms with E-state index in [1.807, 2.05) is 30.0 Å². The number of benzene rings is 9. The third-order valence-electron chi connectivity index (χ3n) is 12.8. The molecular formula is C57H33N5OS. The molecule has 5 heterocycles. The molecule has 4 aromatic heterocycles. The number of aromatic nitrogens is 5. The minimum Gasteiger partial charge on any atom is -0.456 e. The van der Waals surface area contributed by atoms with E-state index in [9.17, 15) is 0 Å². The second-order valence-electron chi connectivity index (χ2n) is 16.3. The summed E-state index contributed by atoms with van der Waals surface area (Å²) >= 11 is 1.85. The van der Waals surface area contributed by atoms with E-state index in [0.717, 1.165) is 77.4 Å². The third-order valence-corrected chi connectivity index (χ3v) is 13.9. The molecule has 0 radical (unpaired) electrons. The minimum atomic E-state index is 0.604. The Balaban J connectivity index is 0.953. The lowest BCUT2D eigenvalue weighted by molar-refractivity contribution is 0.669. The van der Waals surface area contributed by atoms with E-state index < -0.39 is 0 Å². The van der Waals surface area contributed by atoms with Gasteiger partial charge in [0.1, 0.15) is 16.8 Å². The lowest BCUT2D eigenvalue weighted by Crippen LogP contribution is -2.05. The number of hydrogen-bond donors (Lipinski definition) is 0. The van der Waals surface area contributed by atoms with Crippen LogP contribution < -0.4 is 0 Å². The van der Waals surface area contributed by atoms with Crippen molar-refractivity contribution in [2.24, 2.45) is 0 Å². The van der Waals surface area contributed by atoms with Gasteiger partial charge < -0.3 is 4.42 Å². The predicted octanol–water partition coefficient (Wildman–Crippen LogP) is 15.1. The first-order chi connectivity index (χ1) is 31.7. The summed E-state index contributed by atoms with van der Waals surface area (Å²) in [5.74, 6) is 1.83. The summed E-state index contributed by atoms with van der Waals surface area (Å²) in [7, 11) is 0. The van der Waals surface area contributed by atoms with Gasteiger partial charge in [-0.2, -0.15) is 0 Å². The highest BCUT2D eigenvalue weighted by Crippen LogP contribution is 2.49. The molecule has 0 atom stereocenters. The van der Waals surface area contributed by atoms with Crippen molar-refractivity contribution in [1.29, 1.82) is 0 Å². The first-order valence-corrected chi connectivity index (χ1v) is 22.3. The molecule has 0 saturated carbocycles. The Bertz CT molecular complexity index is 4060. The molecule has 0 amide bonds. The zero-order valence-corrected chi connectivity index (χ0v) is 34.9. The van der Waals surface area contributed by atoms with Gasteiger partial charge in [0.15, 0.2) is 17.5 Å². The molecule has 1 aliphatic heterocycles. The van der Waals surface area contributed by atoms with Gasteiger partial charge in [-0.25, -0.2) is 15.0 Å². The first kappa shape index (κ1) is 35.3. The van der Waals surface area contributed by atoms with Gasteiger partial charge in [0.25, 0.3) is 0 Å². The highest BCUT2D eigenvalue weighted by molar-refractivity contribution is 7.99. The molecule has 0 saturated heterocycles. The van der Waals surface area contributed by atoms with Crippen LogP contribution >= 0.6 is 11.8 Å². The summed E-state index contributed by atoms with van der Waals surface area (Å²) in [6.07, 6.45) is 0. The lowest BCUT2D eigenvalue weighted by atomic mass is 9.98. The van der Waals surface area contributed by atoms with Crippen molar-refractivity contribution in [2.45, 2.75) is 9.79 Å². The van der Waals surface area contributed by atoms with Crippen LogP contribution in [-0.2, 0) is 0 Å². The van der Waals surface area contributed by atoms with Crippen molar-refractivity contribution in [1.82, 2.24) is 24.1 Å². The van der Waals surface area contributed by atoms with E-state index >= 15 is 0 Å². The maximum Gasteiger partial charge on any atom is 0.164 e. The molecule has 64 heavy (non-hydrogen) atoms. The molecular weight excluding hydrogens is 803 g/mol. The fourth-order valence-corrected chi connectivity index (χ4v) is 11.1. The van der Waals surface area contributed by atoms with Gasteiger partial charge >= 0.3 is 0 Å². The highest BCUT2D eigenvalue weighted by atomic mass is 32.2.